The average Bonchev–Trinajstić information content (AvgIpc) is 3.22. The zero-order valence-electron chi connectivity index (χ0n) is 21.8. The predicted octanol–water partition coefficient (Wildman–Crippen LogP) is 5.41. The van der Waals surface area contributed by atoms with Crippen LogP contribution in [-0.2, 0) is 14.3 Å². The molecule has 0 fully saturated rings. The second kappa shape index (κ2) is 11.2. The van der Waals surface area contributed by atoms with E-state index in [0.717, 1.165) is 11.8 Å². The van der Waals surface area contributed by atoms with Crippen LogP contribution in [-0.4, -0.2) is 54.9 Å². The van der Waals surface area contributed by atoms with Crippen molar-refractivity contribution < 1.29 is 19.1 Å². The molecule has 36 heavy (non-hydrogen) atoms. The molecule has 1 aromatic carbocycles. The van der Waals surface area contributed by atoms with Gasteiger partial charge in [-0.05, 0) is 72.7 Å². The van der Waals surface area contributed by atoms with Crippen LogP contribution in [0.1, 0.15) is 48.5 Å². The molecule has 192 valence electrons. The Labute approximate surface area is 216 Å². The van der Waals surface area contributed by atoms with Gasteiger partial charge in [0, 0.05) is 23.6 Å². The molecule has 1 unspecified atom stereocenters. The summed E-state index contributed by atoms with van der Waals surface area (Å²) in [6.45, 7) is 13.0. The van der Waals surface area contributed by atoms with Crippen LogP contribution < -0.4 is 4.90 Å². The van der Waals surface area contributed by atoms with Crippen molar-refractivity contribution in [2.75, 3.05) is 11.6 Å². The molecule has 0 spiro atoms. The lowest BCUT2D eigenvalue weighted by Crippen LogP contribution is -2.41. The Morgan fingerprint density at radius 3 is 2.28 bits per heavy atom. The summed E-state index contributed by atoms with van der Waals surface area (Å²) in [7, 11) is 0. The fourth-order valence-electron chi connectivity index (χ4n) is 3.06. The van der Waals surface area contributed by atoms with Gasteiger partial charge in [-0.25, -0.2) is 9.36 Å². The molecule has 10 heteroatoms. The number of nitrogens with zero attached hydrogens (tertiary/aromatic N) is 5. The van der Waals surface area contributed by atoms with Gasteiger partial charge in [-0.2, -0.15) is 0 Å². The number of carbonyl (C=O) groups is 2. The Bertz CT molecular complexity index is 1170. The number of amides is 1. The first-order valence-corrected chi connectivity index (χ1v) is 12.5. The van der Waals surface area contributed by atoms with Gasteiger partial charge in [-0.1, -0.05) is 30.0 Å². The van der Waals surface area contributed by atoms with E-state index in [2.05, 4.69) is 15.2 Å². The maximum atomic E-state index is 13.6. The monoisotopic (exact) mass is 511 g/mol. The van der Waals surface area contributed by atoms with Gasteiger partial charge in [-0.3, -0.25) is 14.7 Å². The highest BCUT2D eigenvalue weighted by atomic mass is 32.2. The molecular weight excluding hydrogens is 478 g/mol. The molecule has 9 nitrogen and oxygen atoms in total. The molecule has 3 aromatic rings. The molecule has 0 aliphatic rings. The molecule has 2 aromatic heterocycles. The fraction of sp³-hybridized carbons (Fsp3) is 0.423. The first kappa shape index (κ1) is 27.3. The van der Waals surface area contributed by atoms with Crippen LogP contribution in [0.2, 0.25) is 0 Å². The SMILES string of the molecule is CC(Sc1nnc(-c2cccnc2)n1C(=O)OC(C)(C)C)C(=O)N(COC(C)(C)C)c1ccccc1. The Balaban J connectivity index is 1.92. The lowest BCUT2D eigenvalue weighted by molar-refractivity contribution is -0.120. The number of carbonyl (C=O) groups excluding carboxylic acids is 2. The molecule has 0 radical (unpaired) electrons. The number of benzene rings is 1. The van der Waals surface area contributed by atoms with Crippen LogP contribution >= 0.6 is 11.8 Å². The van der Waals surface area contributed by atoms with Crippen LogP contribution in [0, 0.1) is 0 Å². The molecule has 2 heterocycles. The fourth-order valence-corrected chi connectivity index (χ4v) is 3.96. The Morgan fingerprint density at radius 2 is 1.69 bits per heavy atom. The summed E-state index contributed by atoms with van der Waals surface area (Å²) in [5.41, 5.74) is 0.153. The third-order valence-corrected chi connectivity index (χ3v) is 5.75. The number of pyridine rings is 1. The zero-order valence-corrected chi connectivity index (χ0v) is 22.6. The minimum atomic E-state index is -0.731. The first-order chi connectivity index (χ1) is 16.9. The Hall–Kier alpha value is -3.24. The first-order valence-electron chi connectivity index (χ1n) is 11.6. The summed E-state index contributed by atoms with van der Waals surface area (Å²) in [5, 5.41) is 8.09. The molecule has 0 N–H and O–H groups in total. The van der Waals surface area contributed by atoms with Gasteiger partial charge >= 0.3 is 6.09 Å². The van der Waals surface area contributed by atoms with Gasteiger partial charge in [0.15, 0.2) is 5.82 Å². The third-order valence-electron chi connectivity index (χ3n) is 4.72. The van der Waals surface area contributed by atoms with E-state index in [0.29, 0.717) is 11.3 Å². The summed E-state index contributed by atoms with van der Waals surface area (Å²) in [4.78, 5) is 32.5. The van der Waals surface area contributed by atoms with Gasteiger partial charge in [0.1, 0.15) is 12.3 Å². The van der Waals surface area contributed by atoms with Crippen LogP contribution in [0.4, 0.5) is 10.5 Å². The van der Waals surface area contributed by atoms with Crippen molar-refractivity contribution in [3.05, 3.63) is 54.9 Å². The van der Waals surface area contributed by atoms with Crippen molar-refractivity contribution in [3.8, 4) is 11.4 Å². The molecule has 3 rings (SSSR count). The summed E-state index contributed by atoms with van der Waals surface area (Å²) < 4.78 is 12.8. The maximum Gasteiger partial charge on any atom is 0.422 e. The number of ether oxygens (including phenoxy) is 2. The Morgan fingerprint density at radius 1 is 1.00 bits per heavy atom. The molecule has 1 amide bonds. The van der Waals surface area contributed by atoms with E-state index in [1.807, 2.05) is 51.1 Å². The summed E-state index contributed by atoms with van der Waals surface area (Å²) >= 11 is 1.13. The number of aromatic nitrogens is 4. The van der Waals surface area contributed by atoms with E-state index in [4.69, 9.17) is 9.47 Å². The second-order valence-corrected chi connectivity index (χ2v) is 11.4. The number of para-hydroxylation sites is 1. The van der Waals surface area contributed by atoms with Gasteiger partial charge < -0.3 is 9.47 Å². The normalized spacial score (nSPS) is 12.8. The maximum absolute atomic E-state index is 13.6. The van der Waals surface area contributed by atoms with Gasteiger partial charge in [0.25, 0.3) is 0 Å². The number of hydrogen-bond donors (Lipinski definition) is 0. The van der Waals surface area contributed by atoms with Gasteiger partial charge in [0.2, 0.25) is 11.1 Å². The van der Waals surface area contributed by atoms with Crippen molar-refractivity contribution in [3.63, 3.8) is 0 Å². The van der Waals surface area contributed by atoms with Crippen molar-refractivity contribution in [1.82, 2.24) is 19.7 Å². The van der Waals surface area contributed by atoms with E-state index in [9.17, 15) is 9.59 Å². The smallest absolute Gasteiger partial charge is 0.422 e. The molecule has 0 saturated carbocycles. The molecule has 1 atom stereocenters. The highest BCUT2D eigenvalue weighted by molar-refractivity contribution is 8.00. The van der Waals surface area contributed by atoms with Crippen molar-refractivity contribution >= 4 is 29.4 Å². The average molecular weight is 512 g/mol. The van der Waals surface area contributed by atoms with E-state index >= 15 is 0 Å². The van der Waals surface area contributed by atoms with Crippen LogP contribution in [0.15, 0.2) is 60.0 Å². The van der Waals surface area contributed by atoms with E-state index < -0.39 is 22.5 Å². The third kappa shape index (κ3) is 7.38. The summed E-state index contributed by atoms with van der Waals surface area (Å²) in [6.07, 6.45) is 2.59. The molecule has 0 aliphatic carbocycles. The van der Waals surface area contributed by atoms with E-state index in [-0.39, 0.29) is 23.6 Å². The lowest BCUT2D eigenvalue weighted by atomic mass is 10.2. The van der Waals surface area contributed by atoms with Crippen LogP contribution in [0.3, 0.4) is 0 Å². The summed E-state index contributed by atoms with van der Waals surface area (Å²) in [6, 6.07) is 12.8. The largest absolute Gasteiger partial charge is 0.443 e. The second-order valence-electron chi connectivity index (χ2n) is 10.1. The topological polar surface area (TPSA) is 99.4 Å². The van der Waals surface area contributed by atoms with Crippen molar-refractivity contribution in [2.45, 2.75) is 70.1 Å². The van der Waals surface area contributed by atoms with Gasteiger partial charge in [0.05, 0.1) is 10.9 Å². The quantitative estimate of drug-likeness (QED) is 0.307. The van der Waals surface area contributed by atoms with Crippen molar-refractivity contribution in [2.24, 2.45) is 0 Å². The lowest BCUT2D eigenvalue weighted by Gasteiger charge is -2.29. The van der Waals surface area contributed by atoms with Crippen molar-refractivity contribution in [1.29, 1.82) is 0 Å². The van der Waals surface area contributed by atoms with Crippen LogP contribution in [0.5, 0.6) is 0 Å². The highest BCUT2D eigenvalue weighted by Gasteiger charge is 2.30. The zero-order chi connectivity index (χ0) is 26.5. The number of rotatable bonds is 7. The minimum Gasteiger partial charge on any atom is -0.443 e. The predicted molar refractivity (Wildman–Crippen MR) is 140 cm³/mol. The minimum absolute atomic E-state index is 0.0803. The molecule has 0 saturated heterocycles. The number of anilines is 1. The van der Waals surface area contributed by atoms with E-state index in [1.54, 1.807) is 57.1 Å². The van der Waals surface area contributed by atoms with Crippen LogP contribution in [0.25, 0.3) is 11.4 Å². The molecule has 0 aliphatic heterocycles. The Kier molecular flexibility index (Phi) is 8.52. The van der Waals surface area contributed by atoms with E-state index in [1.165, 1.54) is 4.57 Å². The molecular formula is C26H33N5O4S. The number of hydrogen-bond acceptors (Lipinski definition) is 8. The number of thioether (sulfide) groups is 1. The highest BCUT2D eigenvalue weighted by Crippen LogP contribution is 2.29. The van der Waals surface area contributed by atoms with Gasteiger partial charge in [-0.15, -0.1) is 10.2 Å². The molecule has 0 bridgehead atoms. The summed E-state index contributed by atoms with van der Waals surface area (Å²) in [5.74, 6) is 0.0904. The standard InChI is InChI=1S/C26H33N5O4S/c1-18(22(32)30(17-34-25(2,3)4)20-13-9-8-10-14-20)36-23-29-28-21(19-12-11-15-27-16-19)31(23)24(33)35-26(5,6)7/h8-16,18H,17H2,1-7H3.